The number of esters is 1. The molecule has 0 aliphatic rings. The fourth-order valence-electron chi connectivity index (χ4n) is 2.14. The second kappa shape index (κ2) is 9.30. The zero-order chi connectivity index (χ0) is 18.2. The molecule has 132 valence electrons. The van der Waals surface area contributed by atoms with Crippen molar-refractivity contribution in [2.45, 2.75) is 12.8 Å². The van der Waals surface area contributed by atoms with Crippen LogP contribution in [0, 0.1) is 0 Å². The Bertz CT molecular complexity index is 764. The smallest absolute Gasteiger partial charge is 0.306 e. The van der Waals surface area contributed by atoms with Gasteiger partial charge in [-0.3, -0.25) is 9.59 Å². The van der Waals surface area contributed by atoms with Crippen LogP contribution in [0.4, 0.5) is 5.69 Å². The molecule has 7 heteroatoms. The maximum Gasteiger partial charge on any atom is 0.306 e. The Morgan fingerprint density at radius 3 is 2.56 bits per heavy atom. The van der Waals surface area contributed by atoms with E-state index in [1.165, 1.54) is 6.07 Å². The van der Waals surface area contributed by atoms with Gasteiger partial charge in [0.25, 0.3) is 5.91 Å². The molecule has 0 unspecified atom stereocenters. The van der Waals surface area contributed by atoms with E-state index in [1.54, 1.807) is 19.2 Å². The molecule has 2 aromatic rings. The lowest BCUT2D eigenvalue weighted by Gasteiger charge is -2.09. The summed E-state index contributed by atoms with van der Waals surface area (Å²) in [4.78, 5) is 23.6. The fraction of sp³-hybridized carbons (Fsp3) is 0.222. The largest absolute Gasteiger partial charge is 0.496 e. The van der Waals surface area contributed by atoms with Gasteiger partial charge in [0.1, 0.15) is 5.75 Å². The third-order valence-electron chi connectivity index (χ3n) is 3.36. The van der Waals surface area contributed by atoms with E-state index < -0.39 is 11.9 Å². The van der Waals surface area contributed by atoms with Gasteiger partial charge in [0.05, 0.1) is 17.2 Å². The van der Waals surface area contributed by atoms with E-state index in [1.807, 2.05) is 24.3 Å². The number of anilines is 1. The number of hydrogen-bond donors (Lipinski definition) is 1. The highest BCUT2D eigenvalue weighted by atomic mass is 35.5. The molecule has 0 aromatic heterocycles. The standard InChI is InChI=1S/C18H17Cl2NO4/c1-24-16-5-3-2-4-12(16)6-9-18(23)25-11-17(22)21-13-7-8-14(19)15(20)10-13/h2-5,7-8,10H,6,9,11H2,1H3,(H,21,22). The first kappa shape index (κ1) is 19.1. The second-order valence-electron chi connectivity index (χ2n) is 5.15. The van der Waals surface area contributed by atoms with E-state index in [2.05, 4.69) is 5.32 Å². The minimum absolute atomic E-state index is 0.153. The van der Waals surface area contributed by atoms with Crippen molar-refractivity contribution in [3.8, 4) is 5.75 Å². The van der Waals surface area contributed by atoms with Crippen LogP contribution >= 0.6 is 23.2 Å². The molecule has 0 heterocycles. The second-order valence-corrected chi connectivity index (χ2v) is 5.96. The van der Waals surface area contributed by atoms with E-state index in [-0.39, 0.29) is 13.0 Å². The van der Waals surface area contributed by atoms with Crippen LogP contribution in [-0.4, -0.2) is 25.6 Å². The van der Waals surface area contributed by atoms with Gasteiger partial charge in [-0.25, -0.2) is 0 Å². The quantitative estimate of drug-likeness (QED) is 0.732. The van der Waals surface area contributed by atoms with Crippen molar-refractivity contribution in [1.29, 1.82) is 0 Å². The SMILES string of the molecule is COc1ccccc1CCC(=O)OCC(=O)Nc1ccc(Cl)c(Cl)c1. The molecule has 0 aliphatic carbocycles. The van der Waals surface area contributed by atoms with E-state index in [9.17, 15) is 9.59 Å². The van der Waals surface area contributed by atoms with Gasteiger partial charge in [-0.15, -0.1) is 0 Å². The van der Waals surface area contributed by atoms with E-state index in [0.717, 1.165) is 5.56 Å². The summed E-state index contributed by atoms with van der Waals surface area (Å²) >= 11 is 11.7. The minimum atomic E-state index is -0.463. The molecule has 0 saturated carbocycles. The summed E-state index contributed by atoms with van der Waals surface area (Å²) in [6.07, 6.45) is 0.623. The molecule has 1 N–H and O–H groups in total. The van der Waals surface area contributed by atoms with Crippen molar-refractivity contribution in [3.63, 3.8) is 0 Å². The van der Waals surface area contributed by atoms with Crippen molar-refractivity contribution >= 4 is 40.8 Å². The van der Waals surface area contributed by atoms with Crippen LogP contribution in [0.2, 0.25) is 10.0 Å². The molecule has 0 bridgehead atoms. The summed E-state index contributed by atoms with van der Waals surface area (Å²) in [6.45, 7) is -0.370. The zero-order valence-corrected chi connectivity index (χ0v) is 15.1. The molecule has 0 fully saturated rings. The summed E-state index contributed by atoms with van der Waals surface area (Å²) in [5.74, 6) is -0.202. The molecule has 0 aliphatic heterocycles. The topological polar surface area (TPSA) is 64.6 Å². The molecule has 2 rings (SSSR count). The van der Waals surface area contributed by atoms with Crippen LogP contribution in [0.5, 0.6) is 5.75 Å². The monoisotopic (exact) mass is 381 g/mol. The van der Waals surface area contributed by atoms with E-state index in [0.29, 0.717) is 27.9 Å². The Kier molecular flexibility index (Phi) is 7.10. The molecular weight excluding hydrogens is 365 g/mol. The summed E-state index contributed by atoms with van der Waals surface area (Å²) in [5.41, 5.74) is 1.38. The lowest BCUT2D eigenvalue weighted by molar-refractivity contribution is -0.147. The number of hydrogen-bond acceptors (Lipinski definition) is 4. The van der Waals surface area contributed by atoms with Crippen LogP contribution in [-0.2, 0) is 20.7 Å². The summed E-state index contributed by atoms with van der Waals surface area (Å²) in [5, 5.41) is 3.30. The number of rotatable bonds is 7. The summed E-state index contributed by atoms with van der Waals surface area (Å²) in [7, 11) is 1.57. The van der Waals surface area contributed by atoms with Crippen LogP contribution in [0.1, 0.15) is 12.0 Å². The first-order valence-corrected chi connectivity index (χ1v) is 8.27. The predicted molar refractivity (Wildman–Crippen MR) is 97.4 cm³/mol. The first-order valence-electron chi connectivity index (χ1n) is 7.52. The van der Waals surface area contributed by atoms with Crippen molar-refractivity contribution in [3.05, 3.63) is 58.1 Å². The molecule has 25 heavy (non-hydrogen) atoms. The normalized spacial score (nSPS) is 10.2. The number of carbonyl (C=O) groups excluding carboxylic acids is 2. The van der Waals surface area contributed by atoms with E-state index >= 15 is 0 Å². The number of nitrogens with one attached hydrogen (secondary N) is 1. The molecule has 0 spiro atoms. The van der Waals surface area contributed by atoms with Crippen LogP contribution < -0.4 is 10.1 Å². The Hall–Kier alpha value is -2.24. The zero-order valence-electron chi connectivity index (χ0n) is 13.6. The Balaban J connectivity index is 1.77. The molecule has 2 aromatic carbocycles. The van der Waals surface area contributed by atoms with Gasteiger partial charge >= 0.3 is 5.97 Å². The third-order valence-corrected chi connectivity index (χ3v) is 4.10. The van der Waals surface area contributed by atoms with Crippen LogP contribution in [0.15, 0.2) is 42.5 Å². The predicted octanol–water partition coefficient (Wildman–Crippen LogP) is 4.12. The van der Waals surface area contributed by atoms with Crippen LogP contribution in [0.25, 0.3) is 0 Å². The molecule has 1 amide bonds. The van der Waals surface area contributed by atoms with Crippen molar-refractivity contribution < 1.29 is 19.1 Å². The van der Waals surface area contributed by atoms with Crippen LogP contribution in [0.3, 0.4) is 0 Å². The summed E-state index contributed by atoms with van der Waals surface area (Å²) in [6, 6.07) is 12.1. The molecule has 0 radical (unpaired) electrons. The number of amides is 1. The number of aryl methyl sites for hydroxylation is 1. The number of para-hydroxylation sites is 1. The van der Waals surface area contributed by atoms with E-state index in [4.69, 9.17) is 32.7 Å². The van der Waals surface area contributed by atoms with Gasteiger partial charge in [-0.1, -0.05) is 41.4 Å². The van der Waals surface area contributed by atoms with Gasteiger partial charge in [-0.05, 0) is 36.2 Å². The Morgan fingerprint density at radius 2 is 1.84 bits per heavy atom. The van der Waals surface area contributed by atoms with Crippen molar-refractivity contribution in [2.75, 3.05) is 19.0 Å². The van der Waals surface area contributed by atoms with Gasteiger partial charge in [-0.2, -0.15) is 0 Å². The van der Waals surface area contributed by atoms with Crippen molar-refractivity contribution in [2.24, 2.45) is 0 Å². The highest BCUT2D eigenvalue weighted by Crippen LogP contribution is 2.25. The molecule has 0 atom stereocenters. The number of carbonyl (C=O) groups is 2. The first-order chi connectivity index (χ1) is 12.0. The maximum atomic E-state index is 11.8. The highest BCUT2D eigenvalue weighted by molar-refractivity contribution is 6.42. The minimum Gasteiger partial charge on any atom is -0.496 e. The van der Waals surface area contributed by atoms with Gasteiger partial charge in [0.15, 0.2) is 6.61 Å². The highest BCUT2D eigenvalue weighted by Gasteiger charge is 2.10. The van der Waals surface area contributed by atoms with Gasteiger partial charge in [0, 0.05) is 12.1 Å². The lowest BCUT2D eigenvalue weighted by atomic mass is 10.1. The third kappa shape index (κ3) is 5.96. The summed E-state index contributed by atoms with van der Waals surface area (Å²) < 4.78 is 10.2. The number of ether oxygens (including phenoxy) is 2. The maximum absolute atomic E-state index is 11.8. The van der Waals surface area contributed by atoms with Crippen molar-refractivity contribution in [1.82, 2.24) is 0 Å². The molecule has 5 nitrogen and oxygen atoms in total. The lowest BCUT2D eigenvalue weighted by Crippen LogP contribution is -2.21. The Morgan fingerprint density at radius 1 is 1.08 bits per heavy atom. The van der Waals surface area contributed by atoms with Gasteiger partial charge in [0.2, 0.25) is 0 Å². The molecule has 0 saturated heterocycles. The van der Waals surface area contributed by atoms with Gasteiger partial charge < -0.3 is 14.8 Å². The number of methoxy groups -OCH3 is 1. The fourth-order valence-corrected chi connectivity index (χ4v) is 2.43. The molecular formula is C18H17Cl2NO4. The average molecular weight is 382 g/mol. The average Bonchev–Trinajstić information content (AvgIpc) is 2.61. The Labute approximate surface area is 155 Å². The number of benzene rings is 2. The number of halogens is 2.